The molecule has 66 heavy (non-hydrogen) atoms. The molecule has 0 aliphatic carbocycles. The number of aliphatic hydroxyl groups excluding tert-OH is 3. The van der Waals surface area contributed by atoms with Crippen molar-refractivity contribution in [1.29, 1.82) is 0 Å². The normalized spacial score (nSPS) is 13.7. The van der Waals surface area contributed by atoms with Crippen LogP contribution in [0, 0.1) is 0 Å². The lowest BCUT2D eigenvalue weighted by molar-refractivity contribution is -0.167. The molecule has 0 radical (unpaired) electrons. The number of unbranched alkanes of at least 4 members (excludes halogenated alkanes) is 24. The fourth-order valence-electron chi connectivity index (χ4n) is 7.95. The predicted molar refractivity (Wildman–Crippen MR) is 274 cm³/mol. The first-order valence-electron chi connectivity index (χ1n) is 27.7. The van der Waals surface area contributed by atoms with Crippen LogP contribution in [0.4, 0.5) is 0 Å². The van der Waals surface area contributed by atoms with Gasteiger partial charge in [0.15, 0.2) is 6.10 Å². The molecule has 3 N–H and O–H groups in total. The maximum Gasteiger partial charge on any atom is 0.306 e. The van der Waals surface area contributed by atoms with Crippen molar-refractivity contribution in [3.05, 3.63) is 36.5 Å². The molecule has 0 spiro atoms. The molecule has 0 bridgehead atoms. The highest BCUT2D eigenvalue weighted by Gasteiger charge is 2.19. The van der Waals surface area contributed by atoms with Crippen molar-refractivity contribution >= 4 is 17.9 Å². The van der Waals surface area contributed by atoms with E-state index in [0.717, 1.165) is 167 Å². The molecule has 0 aromatic rings. The molecule has 0 aromatic heterocycles. The molecule has 0 aliphatic heterocycles. The number of hydrogen-bond donors (Lipinski definition) is 3. The standard InChI is InChI=1S/C57H104O9/c1-4-7-10-31-40-51(58)43-34-25-19-13-16-22-28-37-46-55(61)64-49-54(66-57(63)48-39-30-24-18-15-21-27-36-45-53(60)42-33-12-9-6-3)50-65-56(62)47-38-29-23-17-14-20-26-35-44-52(59)41-32-11-8-5-2/h25-27,34-36,51-54,58-60H,4-24,28-33,37-50H2,1-3H3/b34-25-,35-26-,36-27-/t51-,52+,53-,54?/m0/s1. The van der Waals surface area contributed by atoms with Crippen molar-refractivity contribution in [2.24, 2.45) is 0 Å². The molecular formula is C57H104O9. The molecule has 0 rings (SSSR count). The van der Waals surface area contributed by atoms with E-state index in [1.807, 2.05) is 0 Å². The van der Waals surface area contributed by atoms with Crippen molar-refractivity contribution in [1.82, 2.24) is 0 Å². The summed E-state index contributed by atoms with van der Waals surface area (Å²) < 4.78 is 16.7. The van der Waals surface area contributed by atoms with E-state index in [-0.39, 0.29) is 55.9 Å². The highest BCUT2D eigenvalue weighted by Crippen LogP contribution is 2.15. The Morgan fingerprint density at radius 2 is 0.652 bits per heavy atom. The average Bonchev–Trinajstić information content (AvgIpc) is 3.30. The predicted octanol–water partition coefficient (Wildman–Crippen LogP) is 15.0. The Balaban J connectivity index is 4.51. The third-order valence-electron chi connectivity index (χ3n) is 12.3. The van der Waals surface area contributed by atoms with Gasteiger partial charge in [-0.1, -0.05) is 192 Å². The van der Waals surface area contributed by atoms with Gasteiger partial charge in [0.25, 0.3) is 0 Å². The van der Waals surface area contributed by atoms with Crippen LogP contribution in [0.2, 0.25) is 0 Å². The van der Waals surface area contributed by atoms with Crippen molar-refractivity contribution in [3.8, 4) is 0 Å². The van der Waals surface area contributed by atoms with E-state index in [1.165, 1.54) is 57.8 Å². The molecule has 0 aliphatic rings. The first kappa shape index (κ1) is 63.5. The summed E-state index contributed by atoms with van der Waals surface area (Å²) >= 11 is 0. The van der Waals surface area contributed by atoms with Crippen LogP contribution < -0.4 is 0 Å². The molecule has 9 heteroatoms. The van der Waals surface area contributed by atoms with Crippen LogP contribution in [0.1, 0.15) is 271 Å². The lowest BCUT2D eigenvalue weighted by Crippen LogP contribution is -2.30. The maximum absolute atomic E-state index is 12.8. The number of esters is 3. The molecule has 0 aromatic carbocycles. The van der Waals surface area contributed by atoms with E-state index >= 15 is 0 Å². The molecule has 0 fully saturated rings. The fraction of sp³-hybridized carbons (Fsp3) is 0.842. The first-order valence-corrected chi connectivity index (χ1v) is 27.7. The second kappa shape index (κ2) is 50.4. The van der Waals surface area contributed by atoms with Crippen molar-refractivity contribution in [2.45, 2.75) is 296 Å². The van der Waals surface area contributed by atoms with Gasteiger partial charge < -0.3 is 29.5 Å². The second-order valence-electron chi connectivity index (χ2n) is 19.0. The van der Waals surface area contributed by atoms with Gasteiger partial charge in [-0.25, -0.2) is 0 Å². The number of allylic oxidation sites excluding steroid dienone is 3. The van der Waals surface area contributed by atoms with Gasteiger partial charge in [-0.05, 0) is 96.3 Å². The van der Waals surface area contributed by atoms with E-state index in [1.54, 1.807) is 0 Å². The van der Waals surface area contributed by atoms with Gasteiger partial charge >= 0.3 is 17.9 Å². The number of ether oxygens (including phenoxy) is 3. The molecule has 386 valence electrons. The Kier molecular flexibility index (Phi) is 48.5. The Morgan fingerprint density at radius 3 is 0.985 bits per heavy atom. The molecule has 0 saturated carbocycles. The van der Waals surface area contributed by atoms with E-state index in [4.69, 9.17) is 14.2 Å². The molecule has 1 unspecified atom stereocenters. The van der Waals surface area contributed by atoms with Gasteiger partial charge in [-0.15, -0.1) is 0 Å². The second-order valence-corrected chi connectivity index (χ2v) is 19.0. The Hall–Kier alpha value is -2.49. The smallest absolute Gasteiger partial charge is 0.306 e. The highest BCUT2D eigenvalue weighted by atomic mass is 16.6. The van der Waals surface area contributed by atoms with Crippen LogP contribution in [0.15, 0.2) is 36.5 Å². The van der Waals surface area contributed by atoms with Crippen LogP contribution in [0.3, 0.4) is 0 Å². The minimum absolute atomic E-state index is 0.132. The number of aliphatic hydroxyl groups is 3. The molecule has 9 nitrogen and oxygen atoms in total. The van der Waals surface area contributed by atoms with Crippen LogP contribution in [0.25, 0.3) is 0 Å². The molecule has 0 amide bonds. The lowest BCUT2D eigenvalue weighted by Gasteiger charge is -2.18. The van der Waals surface area contributed by atoms with Crippen LogP contribution in [0.5, 0.6) is 0 Å². The van der Waals surface area contributed by atoms with E-state index in [9.17, 15) is 29.7 Å². The van der Waals surface area contributed by atoms with Crippen molar-refractivity contribution < 1.29 is 43.9 Å². The van der Waals surface area contributed by atoms with Gasteiger partial charge in [0.05, 0.1) is 18.3 Å². The number of carbonyl (C=O) groups excluding carboxylic acids is 3. The third-order valence-corrected chi connectivity index (χ3v) is 12.3. The van der Waals surface area contributed by atoms with Crippen LogP contribution in [-0.2, 0) is 28.6 Å². The Labute approximate surface area is 405 Å². The molecule has 4 atom stereocenters. The maximum atomic E-state index is 12.8. The average molecular weight is 933 g/mol. The van der Waals surface area contributed by atoms with E-state index < -0.39 is 6.10 Å². The zero-order chi connectivity index (χ0) is 48.4. The van der Waals surface area contributed by atoms with Gasteiger partial charge in [0.1, 0.15) is 13.2 Å². The molecule has 0 saturated heterocycles. The highest BCUT2D eigenvalue weighted by molar-refractivity contribution is 5.71. The summed E-state index contributed by atoms with van der Waals surface area (Å²) in [6.07, 6.45) is 48.9. The van der Waals surface area contributed by atoms with Gasteiger partial charge in [0, 0.05) is 19.3 Å². The summed E-state index contributed by atoms with van der Waals surface area (Å²) in [7, 11) is 0. The quantitative estimate of drug-likeness (QED) is 0.0235. The number of rotatable bonds is 50. The summed E-state index contributed by atoms with van der Waals surface area (Å²) in [6.45, 7) is 6.33. The monoisotopic (exact) mass is 933 g/mol. The van der Waals surface area contributed by atoms with E-state index in [0.29, 0.717) is 19.3 Å². The Morgan fingerprint density at radius 1 is 0.364 bits per heavy atom. The van der Waals surface area contributed by atoms with Gasteiger partial charge in [-0.3, -0.25) is 14.4 Å². The number of carbonyl (C=O) groups is 3. The van der Waals surface area contributed by atoms with Crippen LogP contribution in [-0.4, -0.2) is 70.9 Å². The van der Waals surface area contributed by atoms with Crippen LogP contribution >= 0.6 is 0 Å². The lowest BCUT2D eigenvalue weighted by atomic mass is 10.1. The van der Waals surface area contributed by atoms with Crippen molar-refractivity contribution in [2.75, 3.05) is 13.2 Å². The fourth-order valence-corrected chi connectivity index (χ4v) is 7.95. The topological polar surface area (TPSA) is 140 Å². The SMILES string of the molecule is CCCCCC[C@H](O)C/C=C\CCCCCCCC(=O)OCC(COC(=O)CCCCCCC/C=C\C[C@H](O)CCCCCC)OC(=O)CCCCCCC/C=C\C[C@@H](O)CCCCCC. The largest absolute Gasteiger partial charge is 0.462 e. The minimum atomic E-state index is -0.836. The van der Waals surface area contributed by atoms with E-state index in [2.05, 4.69) is 57.2 Å². The number of hydrogen-bond acceptors (Lipinski definition) is 9. The summed E-state index contributed by atoms with van der Waals surface area (Å²) in [6, 6.07) is 0. The molecule has 0 heterocycles. The third kappa shape index (κ3) is 48.0. The first-order chi connectivity index (χ1) is 32.2. The molecular weight excluding hydrogens is 829 g/mol. The summed E-state index contributed by atoms with van der Waals surface area (Å²) in [5.41, 5.74) is 0. The summed E-state index contributed by atoms with van der Waals surface area (Å²) in [5.74, 6) is -1.04. The minimum Gasteiger partial charge on any atom is -0.462 e. The van der Waals surface area contributed by atoms with Gasteiger partial charge in [-0.2, -0.15) is 0 Å². The Bertz CT molecular complexity index is 1110. The van der Waals surface area contributed by atoms with Gasteiger partial charge in [0.2, 0.25) is 0 Å². The summed E-state index contributed by atoms with van der Waals surface area (Å²) in [5, 5.41) is 30.4. The van der Waals surface area contributed by atoms with Crippen molar-refractivity contribution in [3.63, 3.8) is 0 Å². The zero-order valence-electron chi connectivity index (χ0n) is 43.1. The summed E-state index contributed by atoms with van der Waals surface area (Å²) in [4.78, 5) is 38.1. The zero-order valence-corrected chi connectivity index (χ0v) is 43.1.